The number of aryl methyl sites for hydroxylation is 1. The van der Waals surface area contributed by atoms with Gasteiger partial charge in [-0.05, 0) is 72.4 Å². The van der Waals surface area contributed by atoms with Gasteiger partial charge in [-0.25, -0.2) is 4.79 Å². The van der Waals surface area contributed by atoms with Gasteiger partial charge in [0.25, 0.3) is 5.56 Å². The third kappa shape index (κ3) is 6.75. The molecule has 2 aliphatic rings. The summed E-state index contributed by atoms with van der Waals surface area (Å²) >= 11 is 7.06. The summed E-state index contributed by atoms with van der Waals surface area (Å²) < 4.78 is 17.3. The highest BCUT2D eigenvalue weighted by molar-refractivity contribution is 6.76. The second-order valence-electron chi connectivity index (χ2n) is 16.1. The number of fused-ring (bicyclic) bond motifs is 4. The molecule has 3 atom stereocenters. The summed E-state index contributed by atoms with van der Waals surface area (Å²) in [7, 11) is 0.512. The van der Waals surface area contributed by atoms with Gasteiger partial charge in [0.1, 0.15) is 12.3 Å². The zero-order valence-corrected chi connectivity index (χ0v) is 31.6. The number of carbonyl (C=O) groups excluding carboxylic acids is 1. The molecule has 11 nitrogen and oxygen atoms in total. The fourth-order valence-corrected chi connectivity index (χ4v) is 8.39. The van der Waals surface area contributed by atoms with Crippen molar-refractivity contribution in [3.05, 3.63) is 39.9 Å². The Morgan fingerprint density at radius 2 is 1.81 bits per heavy atom. The van der Waals surface area contributed by atoms with Crippen molar-refractivity contribution in [2.24, 2.45) is 7.05 Å². The molecule has 0 saturated carbocycles. The molecule has 2 bridgehead atoms. The zero-order valence-electron chi connectivity index (χ0n) is 29.8. The lowest BCUT2D eigenvalue weighted by Gasteiger charge is -2.45. The summed E-state index contributed by atoms with van der Waals surface area (Å²) in [5.74, 6) is 0.637. The van der Waals surface area contributed by atoms with Crippen molar-refractivity contribution >= 4 is 53.7 Å². The van der Waals surface area contributed by atoms with E-state index in [2.05, 4.69) is 41.9 Å². The lowest BCUT2D eigenvalue weighted by molar-refractivity contribution is 0.0437. The minimum Gasteiger partial charge on any atom is -0.444 e. The van der Waals surface area contributed by atoms with Crippen LogP contribution in [0.1, 0.15) is 60.3 Å². The van der Waals surface area contributed by atoms with Crippen molar-refractivity contribution in [3.63, 3.8) is 0 Å². The Bertz CT molecular complexity index is 1900. The second-order valence-corrected chi connectivity index (χ2v) is 22.1. The molecule has 2 aliphatic heterocycles. The number of aromatic nitrogens is 5. The van der Waals surface area contributed by atoms with Crippen molar-refractivity contribution in [2.45, 2.75) is 122 Å². The Labute approximate surface area is 288 Å². The highest BCUT2D eigenvalue weighted by atomic mass is 35.5. The minimum atomic E-state index is -1.29. The number of piperidine rings is 1. The second kappa shape index (κ2) is 12.5. The van der Waals surface area contributed by atoms with E-state index in [1.165, 1.54) is 0 Å². The van der Waals surface area contributed by atoms with Crippen molar-refractivity contribution < 1.29 is 14.3 Å². The summed E-state index contributed by atoms with van der Waals surface area (Å²) in [6.07, 6.45) is 6.87. The van der Waals surface area contributed by atoms with Crippen molar-refractivity contribution in [3.8, 4) is 11.1 Å². The van der Waals surface area contributed by atoms with E-state index in [0.29, 0.717) is 28.6 Å². The van der Waals surface area contributed by atoms with E-state index < -0.39 is 25.3 Å². The molecular weight excluding hydrogens is 646 g/mol. The van der Waals surface area contributed by atoms with Gasteiger partial charge in [0.2, 0.25) is 5.95 Å². The van der Waals surface area contributed by atoms with Gasteiger partial charge in [-0.15, -0.1) is 0 Å². The van der Waals surface area contributed by atoms with E-state index in [-0.39, 0.29) is 24.4 Å². The first-order chi connectivity index (χ1) is 22.5. The average Bonchev–Trinajstić information content (AvgIpc) is 3.64. The molecular formula is C35H50ClN7O4Si. The highest BCUT2D eigenvalue weighted by Gasteiger charge is 2.48. The number of ether oxygens (including phenoxy) is 2. The number of anilines is 1. The SMILES string of the molecule is CCn1cc2c(Cl)c(-c3cn(COCC[Si](C)(C)C)c4nc(N5[C@@H]6CC[C@H]5CC(C)(NC(=O)OC(C)(C)C)C6)n(C)c(=O)c34)ccc2n1. The van der Waals surface area contributed by atoms with Crippen molar-refractivity contribution in [2.75, 3.05) is 11.5 Å². The van der Waals surface area contributed by atoms with E-state index in [0.717, 1.165) is 60.3 Å². The predicted molar refractivity (Wildman–Crippen MR) is 195 cm³/mol. The van der Waals surface area contributed by atoms with Crippen molar-refractivity contribution in [1.82, 2.24) is 29.2 Å². The molecule has 0 aliphatic carbocycles. The van der Waals surface area contributed by atoms with E-state index in [4.69, 9.17) is 26.1 Å². The van der Waals surface area contributed by atoms with Crippen molar-refractivity contribution in [1.29, 1.82) is 0 Å². The van der Waals surface area contributed by atoms with Crippen LogP contribution < -0.4 is 15.8 Å². The van der Waals surface area contributed by atoms with Crippen LogP contribution in [-0.4, -0.2) is 67.9 Å². The fraction of sp³-hybridized carbons (Fsp3) is 0.600. The molecule has 48 heavy (non-hydrogen) atoms. The third-order valence-corrected chi connectivity index (χ3v) is 11.7. The molecule has 1 amide bonds. The Balaban J connectivity index is 1.40. The number of nitrogens with zero attached hydrogens (tertiary/aromatic N) is 6. The number of halogens is 1. The maximum Gasteiger partial charge on any atom is 0.408 e. The quantitative estimate of drug-likeness (QED) is 0.146. The molecule has 2 fully saturated rings. The van der Waals surface area contributed by atoms with Gasteiger partial charge >= 0.3 is 6.09 Å². The van der Waals surface area contributed by atoms with Crippen LogP contribution in [0, 0.1) is 0 Å². The smallest absolute Gasteiger partial charge is 0.408 e. The van der Waals surface area contributed by atoms with Crippen LogP contribution >= 0.6 is 11.6 Å². The van der Waals surface area contributed by atoms with Crippen LogP contribution in [0.25, 0.3) is 33.1 Å². The maximum absolute atomic E-state index is 14.4. The van der Waals surface area contributed by atoms with Crippen LogP contribution in [0.2, 0.25) is 30.7 Å². The molecule has 1 N–H and O–H groups in total. The largest absolute Gasteiger partial charge is 0.444 e. The van der Waals surface area contributed by atoms with Crippen LogP contribution in [-0.2, 0) is 29.8 Å². The van der Waals surface area contributed by atoms with E-state index in [9.17, 15) is 9.59 Å². The Morgan fingerprint density at radius 3 is 2.44 bits per heavy atom. The Morgan fingerprint density at radius 1 is 1.12 bits per heavy atom. The summed E-state index contributed by atoms with van der Waals surface area (Å²) in [6, 6.07) is 5.16. The molecule has 2 saturated heterocycles. The maximum atomic E-state index is 14.4. The van der Waals surface area contributed by atoms with Gasteiger partial charge in [0.15, 0.2) is 5.65 Å². The van der Waals surface area contributed by atoms with Crippen LogP contribution in [0.3, 0.4) is 0 Å². The van der Waals surface area contributed by atoms with Gasteiger partial charge in [-0.2, -0.15) is 10.1 Å². The predicted octanol–water partition coefficient (Wildman–Crippen LogP) is 7.15. The highest BCUT2D eigenvalue weighted by Crippen LogP contribution is 2.44. The van der Waals surface area contributed by atoms with Crippen LogP contribution in [0.4, 0.5) is 10.7 Å². The molecule has 0 radical (unpaired) electrons. The topological polar surface area (TPSA) is 108 Å². The monoisotopic (exact) mass is 695 g/mol. The summed E-state index contributed by atoms with van der Waals surface area (Å²) in [6.45, 7) is 18.4. The van der Waals surface area contributed by atoms with E-state index in [1.54, 1.807) is 11.6 Å². The molecule has 1 aromatic carbocycles. The molecule has 5 heterocycles. The lowest BCUT2D eigenvalue weighted by atomic mass is 9.84. The molecule has 3 aromatic heterocycles. The normalized spacial score (nSPS) is 21.4. The Kier molecular flexibility index (Phi) is 9.00. The first-order valence-corrected chi connectivity index (χ1v) is 21.2. The first kappa shape index (κ1) is 34.5. The van der Waals surface area contributed by atoms with Gasteiger partial charge < -0.3 is 24.3 Å². The number of nitrogens with one attached hydrogen (secondary N) is 1. The number of rotatable bonds is 9. The van der Waals surface area contributed by atoms with Crippen LogP contribution in [0.15, 0.2) is 29.3 Å². The zero-order chi connectivity index (χ0) is 34.8. The summed E-state index contributed by atoms with van der Waals surface area (Å²) in [4.78, 5) is 34.8. The fourth-order valence-electron chi connectivity index (χ4n) is 7.32. The minimum absolute atomic E-state index is 0.113. The molecule has 260 valence electrons. The summed E-state index contributed by atoms with van der Waals surface area (Å²) in [5.41, 5.74) is 1.75. The number of amides is 1. The standard InChI is InChI=1S/C35H50ClN7O4Si/c1-10-42-20-26-27(39-42)14-13-24(29(26)36)25-19-41(21-46-15-16-48(7,8)9)30-28(25)31(44)40(6)32(37-30)43-22-11-12-23(43)18-35(5,17-22)38-33(45)47-34(2,3)4/h13-14,19-20,22-23H,10-12,15-18,21H2,1-9H3,(H,38,45)/t22-,23+,35?. The number of hydrogen-bond donors (Lipinski definition) is 1. The van der Waals surface area contributed by atoms with E-state index >= 15 is 0 Å². The Hall–Kier alpha value is -3.35. The van der Waals surface area contributed by atoms with Crippen LogP contribution in [0.5, 0.6) is 0 Å². The average molecular weight is 696 g/mol. The molecule has 0 spiro atoms. The van der Waals surface area contributed by atoms with Gasteiger partial charge in [0.05, 0.1) is 15.9 Å². The number of alkyl carbamates (subject to hydrolysis) is 1. The molecule has 4 aromatic rings. The lowest BCUT2D eigenvalue weighted by Crippen LogP contribution is -2.59. The number of benzene rings is 1. The molecule has 13 heteroatoms. The van der Waals surface area contributed by atoms with E-state index in [1.807, 2.05) is 61.5 Å². The number of hydrogen-bond acceptors (Lipinski definition) is 7. The molecule has 1 unspecified atom stereocenters. The van der Waals surface area contributed by atoms with Gasteiger partial charge in [0, 0.05) is 74.8 Å². The molecule has 6 rings (SSSR count). The van der Waals surface area contributed by atoms with Gasteiger partial charge in [-0.3, -0.25) is 14.0 Å². The third-order valence-electron chi connectivity index (χ3n) is 9.61. The summed E-state index contributed by atoms with van der Waals surface area (Å²) in [5, 5.41) is 9.69. The number of carbonyl (C=O) groups is 1. The first-order valence-electron chi connectivity index (χ1n) is 17.1. The van der Waals surface area contributed by atoms with Gasteiger partial charge in [-0.1, -0.05) is 37.3 Å².